The second-order valence-corrected chi connectivity index (χ2v) is 28.2. The fourth-order valence-electron chi connectivity index (χ4n) is 11.9. The molecule has 3 fully saturated rings. The highest BCUT2D eigenvalue weighted by molar-refractivity contribution is 7.52. The zero-order chi connectivity index (χ0) is 70.4. The van der Waals surface area contributed by atoms with E-state index in [1.807, 2.05) is 0 Å². The van der Waals surface area contributed by atoms with Gasteiger partial charge in [0.2, 0.25) is 11.8 Å². The summed E-state index contributed by atoms with van der Waals surface area (Å²) in [5.74, 6) is -1.58. The largest absolute Gasteiger partial charge is 0.462 e. The van der Waals surface area contributed by atoms with Gasteiger partial charge in [0.25, 0.3) is 0 Å². The van der Waals surface area contributed by atoms with E-state index in [0.29, 0.717) is 25.7 Å². The molecule has 0 aromatic rings. The van der Waals surface area contributed by atoms with Crippen LogP contribution in [0.1, 0.15) is 245 Å². The first-order valence-electron chi connectivity index (χ1n) is 36.5. The predicted molar refractivity (Wildman–Crippen MR) is 355 cm³/mol. The summed E-state index contributed by atoms with van der Waals surface area (Å²) in [4.78, 5) is 51.0. The summed E-state index contributed by atoms with van der Waals surface area (Å²) in [6.07, 6.45) is 10.7. The maximum atomic E-state index is 13.3. The highest BCUT2D eigenvalue weighted by atomic mass is 31.2. The number of hydrogen-bond acceptors (Lipinski definition) is 25. The molecular weight excluding hydrogens is 1280 g/mol. The van der Waals surface area contributed by atoms with Gasteiger partial charge in [-0.15, -0.1) is 0 Å². The van der Waals surface area contributed by atoms with Crippen LogP contribution in [0.2, 0.25) is 0 Å². The minimum absolute atomic E-state index is 0.00120. The number of aliphatic hydroxyl groups excluding tert-OH is 10. The molecule has 3 rings (SSSR count). The molecule has 96 heavy (non-hydrogen) atoms. The molecule has 28 heteroatoms. The van der Waals surface area contributed by atoms with Crippen LogP contribution in [0, 0.1) is 0 Å². The summed E-state index contributed by atoms with van der Waals surface area (Å²) >= 11 is 0. The molecule has 17 atom stereocenters. The van der Waals surface area contributed by atoms with Gasteiger partial charge in [0.05, 0.1) is 39.6 Å². The molecular formula is C68H127N2O25P. The zero-order valence-corrected chi connectivity index (χ0v) is 59.0. The van der Waals surface area contributed by atoms with Crippen molar-refractivity contribution in [2.75, 3.05) is 66.0 Å². The third-order valence-corrected chi connectivity index (χ3v) is 19.0. The van der Waals surface area contributed by atoms with Gasteiger partial charge >= 0.3 is 19.5 Å². The van der Waals surface area contributed by atoms with Crippen molar-refractivity contribution in [1.29, 1.82) is 0 Å². The van der Waals surface area contributed by atoms with Crippen LogP contribution in [0.5, 0.6) is 0 Å². The molecule has 3 saturated heterocycles. The van der Waals surface area contributed by atoms with E-state index < -0.39 is 138 Å². The monoisotopic (exact) mass is 1400 g/mol. The van der Waals surface area contributed by atoms with Crippen molar-refractivity contribution in [2.45, 2.75) is 343 Å². The van der Waals surface area contributed by atoms with Gasteiger partial charge < -0.3 is 109 Å². The lowest BCUT2D eigenvalue weighted by Crippen LogP contribution is -2.66. The molecule has 0 aliphatic carbocycles. The van der Waals surface area contributed by atoms with Crippen LogP contribution >= 0.6 is 7.60 Å². The fourth-order valence-corrected chi connectivity index (χ4v) is 12.8. The number of hydrogen-bond donors (Lipinski definition) is 12. The summed E-state index contributed by atoms with van der Waals surface area (Å²) in [6, 6.07) is 0. The Morgan fingerprint density at radius 2 is 0.760 bits per heavy atom. The highest BCUT2D eigenvalue weighted by Gasteiger charge is 2.53. The topological polar surface area (TPSA) is 404 Å². The van der Waals surface area contributed by atoms with Gasteiger partial charge in [-0.05, 0) is 25.7 Å². The molecule has 0 aromatic carbocycles. The van der Waals surface area contributed by atoms with Crippen LogP contribution in [-0.4, -0.2) is 239 Å². The van der Waals surface area contributed by atoms with E-state index in [-0.39, 0.29) is 77.0 Å². The Kier molecular flexibility index (Phi) is 48.6. The Morgan fingerprint density at radius 1 is 0.406 bits per heavy atom. The van der Waals surface area contributed by atoms with E-state index in [0.717, 1.165) is 38.5 Å². The van der Waals surface area contributed by atoms with E-state index in [2.05, 4.69) is 24.5 Å². The van der Waals surface area contributed by atoms with E-state index in [4.69, 9.17) is 46.9 Å². The number of rotatable bonds is 58. The molecule has 3 aliphatic rings. The van der Waals surface area contributed by atoms with E-state index in [1.165, 1.54) is 148 Å². The average Bonchev–Trinajstić information content (AvgIpc) is 0.789. The quantitative estimate of drug-likeness (QED) is 0.0186. The van der Waals surface area contributed by atoms with Crippen LogP contribution in [-0.2, 0) is 70.7 Å². The molecule has 0 saturated carbocycles. The molecule has 3 aliphatic heterocycles. The predicted octanol–water partition coefficient (Wildman–Crippen LogP) is 6.08. The van der Waals surface area contributed by atoms with Crippen molar-refractivity contribution >= 4 is 31.3 Å². The zero-order valence-electron chi connectivity index (χ0n) is 58.1. The van der Waals surface area contributed by atoms with Crippen LogP contribution < -0.4 is 10.6 Å². The Bertz CT molecular complexity index is 2050. The number of carbonyl (C=O) groups is 4. The normalized spacial score (nSPS) is 27.0. The molecule has 3 heterocycles. The van der Waals surface area contributed by atoms with Crippen molar-refractivity contribution in [1.82, 2.24) is 10.6 Å². The summed E-state index contributed by atoms with van der Waals surface area (Å²) in [7, 11) is -3.72. The van der Waals surface area contributed by atoms with E-state index in [1.54, 1.807) is 0 Å². The van der Waals surface area contributed by atoms with Crippen LogP contribution in [0.25, 0.3) is 0 Å². The Balaban J connectivity index is 1.32. The molecule has 564 valence electrons. The second kappa shape index (κ2) is 53.2. The molecule has 12 N–H and O–H groups in total. The maximum Gasteiger partial charge on any atom is 0.327 e. The van der Waals surface area contributed by atoms with Crippen molar-refractivity contribution in [2.24, 2.45) is 0 Å². The van der Waals surface area contributed by atoms with Crippen LogP contribution in [0.15, 0.2) is 0 Å². The van der Waals surface area contributed by atoms with Crippen LogP contribution in [0.4, 0.5) is 0 Å². The lowest BCUT2D eigenvalue weighted by Gasteiger charge is -2.48. The number of ether oxygens (including phenoxy) is 8. The van der Waals surface area contributed by atoms with Gasteiger partial charge in [-0.25, -0.2) is 0 Å². The standard InChI is InChI=1S/C68H127N2O25P/c1-4-6-8-10-12-14-16-18-20-22-24-26-28-30-32-38-55(76)87-47-49(90-56(77)39-33-31-29-27-25-23-21-19-17-15-13-11-9-7-5-2)48-89-96(3,85)88-43-41-70-54(75)37-35-34-36-53(74)69-40-42-86-66-62(83)59(80)64(51(45-72)92-66)95-68-63(84)60(81)65(52(46-73)93-68)94-67-61(82)58(79)57(78)50(44-71)91-67/h49-52,57-68,71-73,78-84H,4-48H2,1-3H3,(H,69,74)(H,70,75)/t49-,50?,51?,52?,57-,58-,59+,60+,61?,62?,63?,64+,65-,66+,67+,68-,96?/m0/s1. The minimum atomic E-state index is -3.72. The molecule has 0 bridgehead atoms. The smallest absolute Gasteiger partial charge is 0.327 e. The summed E-state index contributed by atoms with van der Waals surface area (Å²) in [6.45, 7) is 2.24. The number of aliphatic hydroxyl groups is 10. The van der Waals surface area contributed by atoms with E-state index in [9.17, 15) is 74.8 Å². The number of nitrogens with one attached hydrogen (secondary N) is 2. The summed E-state index contributed by atoms with van der Waals surface area (Å²) in [5, 5.41) is 110. The Morgan fingerprint density at radius 3 is 1.19 bits per heavy atom. The fraction of sp³-hybridized carbons (Fsp3) is 0.941. The van der Waals surface area contributed by atoms with Gasteiger partial charge in [0.1, 0.15) is 79.9 Å². The van der Waals surface area contributed by atoms with Crippen molar-refractivity contribution in [3.63, 3.8) is 0 Å². The number of carbonyl (C=O) groups excluding carboxylic acids is 4. The summed E-state index contributed by atoms with van der Waals surface area (Å²) in [5.41, 5.74) is 0. The molecule has 0 radical (unpaired) electrons. The van der Waals surface area contributed by atoms with Crippen LogP contribution in [0.3, 0.4) is 0 Å². The maximum absolute atomic E-state index is 13.3. The van der Waals surface area contributed by atoms with E-state index >= 15 is 0 Å². The third kappa shape index (κ3) is 36.8. The first kappa shape index (κ1) is 87.6. The number of amides is 2. The molecule has 2 amide bonds. The number of esters is 2. The van der Waals surface area contributed by atoms with Gasteiger partial charge in [-0.2, -0.15) is 0 Å². The van der Waals surface area contributed by atoms with Gasteiger partial charge in [-0.1, -0.05) is 194 Å². The molecule has 0 aromatic heterocycles. The lowest BCUT2D eigenvalue weighted by molar-refractivity contribution is -0.379. The Hall–Kier alpha value is -2.61. The van der Waals surface area contributed by atoms with Gasteiger partial charge in [-0.3, -0.25) is 23.7 Å². The third-order valence-electron chi connectivity index (χ3n) is 17.8. The van der Waals surface area contributed by atoms with Gasteiger partial charge in [0, 0.05) is 45.4 Å². The molecule has 0 spiro atoms. The Labute approximate surface area is 570 Å². The lowest BCUT2D eigenvalue weighted by atomic mass is 9.96. The second-order valence-electron chi connectivity index (χ2n) is 26.2. The highest BCUT2D eigenvalue weighted by Crippen LogP contribution is 2.44. The van der Waals surface area contributed by atoms with Crippen molar-refractivity contribution in [3.05, 3.63) is 0 Å². The average molecular weight is 1400 g/mol. The molecule has 7 unspecified atom stereocenters. The molecule has 27 nitrogen and oxygen atoms in total. The van der Waals surface area contributed by atoms with Crippen molar-refractivity contribution < 1.29 is 122 Å². The van der Waals surface area contributed by atoms with Crippen molar-refractivity contribution in [3.8, 4) is 0 Å². The SMILES string of the molecule is CCCCCCCCCCCCCCCCCC(=O)OC[C@@H](COP(C)(=O)OCCNC(=O)CCCCC(=O)NCCO[C@@H]1OC(CO)[C@@H](O[C@@H]2OC(CO)[C@H](O[C@H]3OC(CO)[C@H](O)[C@H](O)C3O)[C@H](O)C2O)[C@H](O)C1O)OC(=O)CCCCCCCCCCCCCCCCC. The first-order valence-corrected chi connectivity index (χ1v) is 38.5. The first-order chi connectivity index (χ1) is 46.3. The number of unbranched alkanes of at least 4 members (excludes halogenated alkanes) is 29. The minimum Gasteiger partial charge on any atom is -0.462 e. The van der Waals surface area contributed by atoms with Gasteiger partial charge in [0.15, 0.2) is 25.0 Å². The summed E-state index contributed by atoms with van der Waals surface area (Å²) < 4.78 is 69.1.